The summed E-state index contributed by atoms with van der Waals surface area (Å²) >= 11 is 0. The molecule has 12 heavy (non-hydrogen) atoms. The minimum absolute atomic E-state index is 0.0116. The van der Waals surface area contributed by atoms with Crippen LogP contribution in [0, 0.1) is 5.92 Å². The van der Waals surface area contributed by atoms with Gasteiger partial charge in [-0.3, -0.25) is 4.99 Å². The fourth-order valence-corrected chi connectivity index (χ4v) is 1.87. The monoisotopic (exact) mass is 174 g/mol. The zero-order valence-electron chi connectivity index (χ0n) is 6.82. The van der Waals surface area contributed by atoms with E-state index in [4.69, 9.17) is 0 Å². The first-order chi connectivity index (χ1) is 5.67. The molecular formula is C8H12F2N2. The van der Waals surface area contributed by atoms with Crippen LogP contribution in [-0.4, -0.2) is 24.8 Å². The second kappa shape index (κ2) is 2.68. The van der Waals surface area contributed by atoms with Gasteiger partial charge < -0.3 is 5.32 Å². The minimum atomic E-state index is -2.45. The number of alkyl halides is 2. The third-order valence-electron chi connectivity index (χ3n) is 2.49. The molecule has 0 bridgehead atoms. The normalized spacial score (nSPS) is 33.2. The van der Waals surface area contributed by atoms with E-state index in [1.165, 1.54) is 0 Å². The topological polar surface area (TPSA) is 24.4 Å². The second-order valence-electron chi connectivity index (χ2n) is 3.49. The molecule has 0 amide bonds. The second-order valence-corrected chi connectivity index (χ2v) is 3.49. The Morgan fingerprint density at radius 3 is 2.83 bits per heavy atom. The molecular weight excluding hydrogens is 162 g/mol. The zero-order chi connectivity index (χ0) is 8.60. The van der Waals surface area contributed by atoms with Gasteiger partial charge >= 0.3 is 0 Å². The summed E-state index contributed by atoms with van der Waals surface area (Å²) in [5.41, 5.74) is 0. The molecule has 2 nitrogen and oxygen atoms in total. The molecule has 1 aliphatic heterocycles. The third kappa shape index (κ3) is 1.42. The van der Waals surface area contributed by atoms with Crippen molar-refractivity contribution in [2.24, 2.45) is 10.9 Å². The quantitative estimate of drug-likeness (QED) is 0.638. The first-order valence-corrected chi connectivity index (χ1v) is 4.33. The first kappa shape index (κ1) is 7.95. The highest BCUT2D eigenvalue weighted by atomic mass is 19.3. The molecule has 1 atom stereocenters. The van der Waals surface area contributed by atoms with Crippen molar-refractivity contribution in [2.75, 3.05) is 13.1 Å². The molecule has 0 radical (unpaired) electrons. The van der Waals surface area contributed by atoms with Crippen LogP contribution in [0.4, 0.5) is 8.78 Å². The Balaban J connectivity index is 1.99. The smallest absolute Gasteiger partial charge is 0.248 e. The van der Waals surface area contributed by atoms with Crippen molar-refractivity contribution in [2.45, 2.75) is 25.2 Å². The number of rotatable bonds is 1. The van der Waals surface area contributed by atoms with Crippen molar-refractivity contribution in [1.82, 2.24) is 5.32 Å². The summed E-state index contributed by atoms with van der Waals surface area (Å²) in [5, 5.41) is 3.05. The van der Waals surface area contributed by atoms with Gasteiger partial charge in [0.15, 0.2) is 0 Å². The molecule has 2 rings (SSSR count). The average molecular weight is 174 g/mol. The van der Waals surface area contributed by atoms with Crippen LogP contribution >= 0.6 is 0 Å². The van der Waals surface area contributed by atoms with Gasteiger partial charge in [-0.2, -0.15) is 0 Å². The number of nitrogens with zero attached hydrogens (tertiary/aromatic N) is 1. The molecule has 4 heteroatoms. The molecule has 1 saturated carbocycles. The lowest BCUT2D eigenvalue weighted by atomic mass is 10.1. The van der Waals surface area contributed by atoms with E-state index in [0.717, 1.165) is 18.9 Å². The van der Waals surface area contributed by atoms with Crippen LogP contribution in [0.25, 0.3) is 0 Å². The summed E-state index contributed by atoms with van der Waals surface area (Å²) in [7, 11) is 0. The van der Waals surface area contributed by atoms with E-state index in [2.05, 4.69) is 10.3 Å². The third-order valence-corrected chi connectivity index (χ3v) is 2.49. The molecule has 0 aromatic heterocycles. The van der Waals surface area contributed by atoms with Crippen LogP contribution in [0.2, 0.25) is 0 Å². The SMILES string of the molecule is FC1(F)CCC(C2=NCCN2)C1. The van der Waals surface area contributed by atoms with E-state index in [-0.39, 0.29) is 18.8 Å². The predicted molar refractivity (Wildman–Crippen MR) is 42.6 cm³/mol. The molecule has 1 heterocycles. The maximum atomic E-state index is 12.8. The molecule has 1 fully saturated rings. The molecule has 0 saturated heterocycles. The fraction of sp³-hybridized carbons (Fsp3) is 0.875. The maximum absolute atomic E-state index is 12.8. The number of nitrogens with one attached hydrogen (secondary N) is 1. The van der Waals surface area contributed by atoms with Crippen LogP contribution < -0.4 is 5.32 Å². The molecule has 0 spiro atoms. The predicted octanol–water partition coefficient (Wildman–Crippen LogP) is 1.42. The molecule has 0 aromatic rings. The van der Waals surface area contributed by atoms with Crippen molar-refractivity contribution in [1.29, 1.82) is 0 Å². The fourth-order valence-electron chi connectivity index (χ4n) is 1.87. The van der Waals surface area contributed by atoms with E-state index in [1.54, 1.807) is 0 Å². The lowest BCUT2D eigenvalue weighted by Crippen LogP contribution is -2.26. The lowest BCUT2D eigenvalue weighted by molar-refractivity contribution is 0.00728. The number of hydrogen-bond acceptors (Lipinski definition) is 2. The van der Waals surface area contributed by atoms with Crippen molar-refractivity contribution in [3.63, 3.8) is 0 Å². The van der Waals surface area contributed by atoms with Gasteiger partial charge in [0, 0.05) is 25.3 Å². The van der Waals surface area contributed by atoms with Gasteiger partial charge in [0.2, 0.25) is 5.92 Å². The Bertz CT molecular complexity index is 213. The van der Waals surface area contributed by atoms with Crippen LogP contribution in [0.5, 0.6) is 0 Å². The summed E-state index contributed by atoms with van der Waals surface area (Å²) in [5.74, 6) is -1.65. The van der Waals surface area contributed by atoms with Gasteiger partial charge in [0.1, 0.15) is 0 Å². The summed E-state index contributed by atoms with van der Waals surface area (Å²) in [6.07, 6.45) is 0.593. The molecule has 1 N–H and O–H groups in total. The molecule has 68 valence electrons. The molecule has 1 aliphatic carbocycles. The molecule has 0 aromatic carbocycles. The van der Waals surface area contributed by atoms with Crippen LogP contribution in [0.15, 0.2) is 4.99 Å². The number of aliphatic imine (C=N–C) groups is 1. The van der Waals surface area contributed by atoms with Crippen LogP contribution in [-0.2, 0) is 0 Å². The van der Waals surface area contributed by atoms with Crippen molar-refractivity contribution >= 4 is 5.84 Å². The summed E-state index contributed by atoms with van der Waals surface area (Å²) < 4.78 is 25.5. The summed E-state index contributed by atoms with van der Waals surface area (Å²) in [4.78, 5) is 4.16. The van der Waals surface area contributed by atoms with Gasteiger partial charge in [0.05, 0.1) is 12.4 Å². The van der Waals surface area contributed by atoms with Crippen molar-refractivity contribution in [3.8, 4) is 0 Å². The van der Waals surface area contributed by atoms with Crippen LogP contribution in [0.3, 0.4) is 0 Å². The van der Waals surface area contributed by atoms with E-state index in [1.807, 2.05) is 0 Å². The van der Waals surface area contributed by atoms with Crippen molar-refractivity contribution in [3.05, 3.63) is 0 Å². The summed E-state index contributed by atoms with van der Waals surface area (Å²) in [6.45, 7) is 1.56. The first-order valence-electron chi connectivity index (χ1n) is 4.33. The zero-order valence-corrected chi connectivity index (χ0v) is 6.82. The largest absolute Gasteiger partial charge is 0.372 e. The average Bonchev–Trinajstić information content (AvgIpc) is 2.55. The van der Waals surface area contributed by atoms with Crippen molar-refractivity contribution < 1.29 is 8.78 Å². The van der Waals surface area contributed by atoms with Gasteiger partial charge in [-0.05, 0) is 6.42 Å². The Labute approximate surface area is 70.1 Å². The van der Waals surface area contributed by atoms with Gasteiger partial charge in [0.25, 0.3) is 0 Å². The highest BCUT2D eigenvalue weighted by Gasteiger charge is 2.41. The van der Waals surface area contributed by atoms with Crippen LogP contribution in [0.1, 0.15) is 19.3 Å². The van der Waals surface area contributed by atoms with E-state index in [0.29, 0.717) is 6.42 Å². The van der Waals surface area contributed by atoms with E-state index in [9.17, 15) is 8.78 Å². The lowest BCUT2D eigenvalue weighted by Gasteiger charge is -2.10. The molecule has 1 unspecified atom stereocenters. The summed E-state index contributed by atoms with van der Waals surface area (Å²) in [6, 6.07) is 0. The Morgan fingerprint density at radius 1 is 1.50 bits per heavy atom. The number of hydrogen-bond donors (Lipinski definition) is 1. The highest BCUT2D eigenvalue weighted by Crippen LogP contribution is 2.39. The van der Waals surface area contributed by atoms with Gasteiger partial charge in [-0.15, -0.1) is 0 Å². The Kier molecular flexibility index (Phi) is 1.77. The van der Waals surface area contributed by atoms with Gasteiger partial charge in [-0.25, -0.2) is 8.78 Å². The van der Waals surface area contributed by atoms with Gasteiger partial charge in [-0.1, -0.05) is 0 Å². The minimum Gasteiger partial charge on any atom is -0.372 e. The maximum Gasteiger partial charge on any atom is 0.248 e. The Hall–Kier alpha value is -0.670. The number of halogens is 2. The van der Waals surface area contributed by atoms with E-state index >= 15 is 0 Å². The van der Waals surface area contributed by atoms with E-state index < -0.39 is 5.92 Å². The number of amidine groups is 1. The Morgan fingerprint density at radius 2 is 2.33 bits per heavy atom. The molecule has 2 aliphatic rings. The standard InChI is InChI=1S/C8H12F2N2/c9-8(10)2-1-6(5-8)7-11-3-4-12-7/h6H,1-5H2,(H,11,12). The highest BCUT2D eigenvalue weighted by molar-refractivity contribution is 5.86.